The zero-order valence-corrected chi connectivity index (χ0v) is 9.62. The van der Waals surface area contributed by atoms with Crippen molar-refractivity contribution in [2.45, 2.75) is 19.9 Å². The van der Waals surface area contributed by atoms with Crippen molar-refractivity contribution in [1.82, 2.24) is 9.78 Å². The third kappa shape index (κ3) is 1.39. The fraction of sp³-hybridized carbons (Fsp3) is 0.300. The summed E-state index contributed by atoms with van der Waals surface area (Å²) < 4.78 is 2.81. The first-order chi connectivity index (χ1) is 6.59. The summed E-state index contributed by atoms with van der Waals surface area (Å²) in [6, 6.07) is 5.48. The molecule has 2 aromatic rings. The maximum Gasteiger partial charge on any atom is 0.116 e. The lowest BCUT2D eigenvalue weighted by atomic mass is 10.2. The normalized spacial score (nSPS) is 11.4. The van der Waals surface area contributed by atoms with Crippen molar-refractivity contribution in [3.63, 3.8) is 0 Å². The number of fused-ring (bicyclic) bond motifs is 1. The number of phenols is 1. The van der Waals surface area contributed by atoms with Gasteiger partial charge in [0, 0.05) is 11.4 Å². The van der Waals surface area contributed by atoms with Crippen LogP contribution in [-0.2, 0) is 0 Å². The van der Waals surface area contributed by atoms with Crippen molar-refractivity contribution >= 4 is 26.8 Å². The number of hydrogen-bond donors (Lipinski definition) is 1. The Balaban J connectivity index is 2.74. The van der Waals surface area contributed by atoms with E-state index in [1.54, 1.807) is 12.1 Å². The molecule has 14 heavy (non-hydrogen) atoms. The van der Waals surface area contributed by atoms with Crippen LogP contribution in [0.3, 0.4) is 0 Å². The molecule has 0 atom stereocenters. The predicted molar refractivity (Wildman–Crippen MR) is 59.5 cm³/mol. The van der Waals surface area contributed by atoms with Gasteiger partial charge in [-0.05, 0) is 48.0 Å². The molecule has 0 aliphatic carbocycles. The molecule has 0 aliphatic heterocycles. The van der Waals surface area contributed by atoms with Crippen LogP contribution in [0.5, 0.6) is 5.75 Å². The SMILES string of the molecule is CC(C)n1nc2ccc(O)cc2c1Br. The molecule has 4 heteroatoms. The van der Waals surface area contributed by atoms with Crippen LogP contribution in [0.4, 0.5) is 0 Å². The Bertz CT molecular complexity index is 476. The molecule has 1 N–H and O–H groups in total. The van der Waals surface area contributed by atoms with E-state index in [1.165, 1.54) is 0 Å². The molecule has 1 aromatic carbocycles. The van der Waals surface area contributed by atoms with Gasteiger partial charge in [0.25, 0.3) is 0 Å². The van der Waals surface area contributed by atoms with Crippen molar-refractivity contribution in [2.24, 2.45) is 0 Å². The van der Waals surface area contributed by atoms with Crippen molar-refractivity contribution in [3.8, 4) is 5.75 Å². The fourth-order valence-corrected chi connectivity index (χ4v) is 2.21. The lowest BCUT2D eigenvalue weighted by molar-refractivity contribution is 0.476. The number of rotatable bonds is 1. The molecule has 74 valence electrons. The Hall–Kier alpha value is -1.03. The minimum absolute atomic E-state index is 0.265. The Labute approximate surface area is 90.5 Å². The topological polar surface area (TPSA) is 38.0 Å². The fourth-order valence-electron chi connectivity index (χ4n) is 1.40. The Morgan fingerprint density at radius 2 is 2.14 bits per heavy atom. The van der Waals surface area contributed by atoms with Crippen LogP contribution < -0.4 is 0 Å². The summed E-state index contributed by atoms with van der Waals surface area (Å²) >= 11 is 3.48. The van der Waals surface area contributed by atoms with Gasteiger partial charge in [-0.2, -0.15) is 5.10 Å². The zero-order valence-electron chi connectivity index (χ0n) is 8.03. The second-order valence-corrected chi connectivity index (χ2v) is 4.28. The molecule has 2 rings (SSSR count). The van der Waals surface area contributed by atoms with E-state index in [0.29, 0.717) is 6.04 Å². The van der Waals surface area contributed by atoms with Crippen LogP contribution in [0.1, 0.15) is 19.9 Å². The van der Waals surface area contributed by atoms with E-state index in [4.69, 9.17) is 0 Å². The molecule has 0 spiro atoms. The summed E-state index contributed by atoms with van der Waals surface area (Å²) in [7, 11) is 0. The monoisotopic (exact) mass is 254 g/mol. The van der Waals surface area contributed by atoms with E-state index in [1.807, 2.05) is 10.7 Å². The van der Waals surface area contributed by atoms with Gasteiger partial charge >= 0.3 is 0 Å². The predicted octanol–water partition coefficient (Wildman–Crippen LogP) is 3.09. The highest BCUT2D eigenvalue weighted by Crippen LogP contribution is 2.28. The molecule has 1 aromatic heterocycles. The van der Waals surface area contributed by atoms with Gasteiger partial charge in [-0.3, -0.25) is 4.68 Å². The number of halogens is 1. The molecule has 0 amide bonds. The van der Waals surface area contributed by atoms with Crippen LogP contribution in [0.2, 0.25) is 0 Å². The lowest BCUT2D eigenvalue weighted by Gasteiger charge is -2.05. The smallest absolute Gasteiger partial charge is 0.116 e. The van der Waals surface area contributed by atoms with E-state index in [2.05, 4.69) is 34.9 Å². The van der Waals surface area contributed by atoms with Crippen molar-refractivity contribution < 1.29 is 5.11 Å². The lowest BCUT2D eigenvalue weighted by Crippen LogP contribution is -2.02. The summed E-state index contributed by atoms with van der Waals surface area (Å²) in [6.07, 6.45) is 0. The number of aromatic hydroxyl groups is 1. The van der Waals surface area contributed by atoms with E-state index in [0.717, 1.165) is 15.5 Å². The molecule has 3 nitrogen and oxygen atoms in total. The van der Waals surface area contributed by atoms with Crippen molar-refractivity contribution in [2.75, 3.05) is 0 Å². The van der Waals surface area contributed by atoms with Crippen LogP contribution >= 0.6 is 15.9 Å². The van der Waals surface area contributed by atoms with E-state index >= 15 is 0 Å². The van der Waals surface area contributed by atoms with E-state index in [9.17, 15) is 5.11 Å². The highest BCUT2D eigenvalue weighted by Gasteiger charge is 2.10. The van der Waals surface area contributed by atoms with E-state index < -0.39 is 0 Å². The maximum absolute atomic E-state index is 9.34. The number of hydrogen-bond acceptors (Lipinski definition) is 2. The highest BCUT2D eigenvalue weighted by molar-refractivity contribution is 9.10. The zero-order chi connectivity index (χ0) is 10.3. The van der Waals surface area contributed by atoms with Gasteiger partial charge in [0.05, 0.1) is 5.52 Å². The second-order valence-electron chi connectivity index (χ2n) is 3.53. The Morgan fingerprint density at radius 3 is 2.79 bits per heavy atom. The summed E-state index contributed by atoms with van der Waals surface area (Å²) in [4.78, 5) is 0. The Kier molecular flexibility index (Phi) is 2.23. The van der Waals surface area contributed by atoms with Gasteiger partial charge in [0.2, 0.25) is 0 Å². The van der Waals surface area contributed by atoms with E-state index in [-0.39, 0.29) is 5.75 Å². The molecule has 1 heterocycles. The molecule has 0 unspecified atom stereocenters. The second kappa shape index (κ2) is 3.28. The summed E-state index contributed by atoms with van der Waals surface area (Å²) in [5.41, 5.74) is 0.892. The molecular weight excluding hydrogens is 244 g/mol. The first kappa shape index (κ1) is 9.52. The first-order valence-corrected chi connectivity index (χ1v) is 5.25. The van der Waals surface area contributed by atoms with Gasteiger partial charge in [0.1, 0.15) is 10.4 Å². The highest BCUT2D eigenvalue weighted by atomic mass is 79.9. The van der Waals surface area contributed by atoms with Gasteiger partial charge < -0.3 is 5.11 Å². The number of benzene rings is 1. The van der Waals surface area contributed by atoms with Gasteiger partial charge in [-0.25, -0.2) is 0 Å². The first-order valence-electron chi connectivity index (χ1n) is 4.46. The third-order valence-electron chi connectivity index (χ3n) is 2.11. The van der Waals surface area contributed by atoms with Gasteiger partial charge in [0.15, 0.2) is 0 Å². The largest absolute Gasteiger partial charge is 0.508 e. The van der Waals surface area contributed by atoms with Crippen LogP contribution in [-0.4, -0.2) is 14.9 Å². The minimum Gasteiger partial charge on any atom is -0.508 e. The standard InChI is InChI=1S/C10H11BrN2O/c1-6(2)13-10(11)8-5-7(14)3-4-9(8)12-13/h3-6,14H,1-2H3. The van der Waals surface area contributed by atoms with Gasteiger partial charge in [-0.1, -0.05) is 0 Å². The van der Waals surface area contributed by atoms with Crippen LogP contribution in [0.15, 0.2) is 22.8 Å². The van der Waals surface area contributed by atoms with Crippen molar-refractivity contribution in [1.29, 1.82) is 0 Å². The Morgan fingerprint density at radius 1 is 1.43 bits per heavy atom. The van der Waals surface area contributed by atoms with Gasteiger partial charge in [-0.15, -0.1) is 0 Å². The van der Waals surface area contributed by atoms with Crippen molar-refractivity contribution in [3.05, 3.63) is 22.8 Å². The summed E-state index contributed by atoms with van der Waals surface area (Å²) in [5.74, 6) is 0.265. The number of phenolic OH excluding ortho intramolecular Hbond substituents is 1. The summed E-state index contributed by atoms with van der Waals surface area (Å²) in [6.45, 7) is 4.13. The average molecular weight is 255 g/mol. The molecule has 0 saturated heterocycles. The average Bonchev–Trinajstić information content (AvgIpc) is 2.44. The quantitative estimate of drug-likeness (QED) is 0.850. The maximum atomic E-state index is 9.34. The third-order valence-corrected chi connectivity index (χ3v) is 2.90. The summed E-state index contributed by atoms with van der Waals surface area (Å²) in [5, 5.41) is 14.7. The van der Waals surface area contributed by atoms with Crippen LogP contribution in [0.25, 0.3) is 10.9 Å². The minimum atomic E-state index is 0.265. The molecule has 0 aliphatic rings. The molecule has 0 fully saturated rings. The molecule has 0 saturated carbocycles. The number of aromatic nitrogens is 2. The molecular formula is C10H11BrN2O. The molecule has 0 radical (unpaired) electrons. The molecule has 0 bridgehead atoms. The van der Waals surface area contributed by atoms with Crippen LogP contribution in [0, 0.1) is 0 Å². The number of nitrogens with zero attached hydrogens (tertiary/aromatic N) is 2.